The van der Waals surface area contributed by atoms with Crippen LogP contribution in [0.3, 0.4) is 0 Å². The molecule has 0 spiro atoms. The van der Waals surface area contributed by atoms with Gasteiger partial charge in [0.25, 0.3) is 0 Å². The van der Waals surface area contributed by atoms with Crippen molar-refractivity contribution in [3.05, 3.63) is 29.3 Å². The van der Waals surface area contributed by atoms with Gasteiger partial charge in [0.2, 0.25) is 0 Å². The summed E-state index contributed by atoms with van der Waals surface area (Å²) in [5, 5.41) is 0. The Hall–Kier alpha value is -1.01. The van der Waals surface area contributed by atoms with E-state index in [2.05, 4.69) is 0 Å². The molecular formula is C10H13F2NO2S. The lowest BCUT2D eigenvalue weighted by Crippen LogP contribution is -2.07. The van der Waals surface area contributed by atoms with Crippen LogP contribution < -0.4 is 5.73 Å². The van der Waals surface area contributed by atoms with Gasteiger partial charge in [0.05, 0.1) is 0 Å². The molecule has 0 saturated carbocycles. The maximum absolute atomic E-state index is 13.7. The third-order valence-electron chi connectivity index (χ3n) is 2.13. The topological polar surface area (TPSA) is 60.2 Å². The fourth-order valence-corrected chi connectivity index (χ4v) is 2.15. The maximum Gasteiger partial charge on any atom is 0.178 e. The van der Waals surface area contributed by atoms with Gasteiger partial charge in [-0.25, -0.2) is 17.2 Å². The molecule has 90 valence electrons. The lowest BCUT2D eigenvalue weighted by Gasteiger charge is -2.07. The first-order valence-corrected chi connectivity index (χ1v) is 6.63. The number of aryl methyl sites for hydroxylation is 1. The lowest BCUT2D eigenvalue weighted by molar-refractivity contribution is 0.542. The molecule has 0 aliphatic rings. The van der Waals surface area contributed by atoms with Gasteiger partial charge >= 0.3 is 0 Å². The number of hydrogen-bond acceptors (Lipinski definition) is 3. The van der Waals surface area contributed by atoms with Crippen molar-refractivity contribution in [3.8, 4) is 0 Å². The molecule has 0 radical (unpaired) electrons. The van der Waals surface area contributed by atoms with Crippen LogP contribution in [0.5, 0.6) is 0 Å². The summed E-state index contributed by atoms with van der Waals surface area (Å²) in [6, 6.07) is 1.69. The molecule has 6 heteroatoms. The summed E-state index contributed by atoms with van der Waals surface area (Å²) in [4.78, 5) is -0.598. The summed E-state index contributed by atoms with van der Waals surface area (Å²) in [6.07, 6.45) is 1.55. The standard InChI is InChI=1S/C10H13F2NO2S/c1-16(14,15)9-6-8(11)5-7(10(9)12)3-2-4-13/h5-6H,2-4,13H2,1H3. The molecule has 0 aliphatic heterocycles. The molecule has 0 aromatic heterocycles. The summed E-state index contributed by atoms with van der Waals surface area (Å²) >= 11 is 0. The molecule has 1 aromatic carbocycles. The zero-order valence-corrected chi connectivity index (χ0v) is 9.65. The minimum atomic E-state index is -3.75. The molecule has 0 aliphatic carbocycles. The SMILES string of the molecule is CS(=O)(=O)c1cc(F)cc(CCCN)c1F. The van der Waals surface area contributed by atoms with Crippen LogP contribution in [0.25, 0.3) is 0 Å². The monoisotopic (exact) mass is 249 g/mol. The second-order valence-corrected chi connectivity index (χ2v) is 5.53. The first kappa shape index (κ1) is 13.1. The van der Waals surface area contributed by atoms with Crippen LogP contribution in [0, 0.1) is 11.6 Å². The Morgan fingerprint density at radius 3 is 2.44 bits per heavy atom. The van der Waals surface area contributed by atoms with Crippen LogP contribution in [0.4, 0.5) is 8.78 Å². The van der Waals surface area contributed by atoms with Crippen LogP contribution in [-0.2, 0) is 16.3 Å². The zero-order chi connectivity index (χ0) is 12.3. The predicted molar refractivity (Wildman–Crippen MR) is 56.8 cm³/mol. The average Bonchev–Trinajstić information content (AvgIpc) is 2.17. The maximum atomic E-state index is 13.7. The number of rotatable bonds is 4. The minimum absolute atomic E-state index is 0.0471. The summed E-state index contributed by atoms with van der Waals surface area (Å²) in [7, 11) is -3.75. The van der Waals surface area contributed by atoms with Crippen LogP contribution in [0.1, 0.15) is 12.0 Å². The smallest absolute Gasteiger partial charge is 0.178 e. The van der Waals surface area contributed by atoms with Crippen molar-refractivity contribution in [2.75, 3.05) is 12.8 Å². The first-order valence-electron chi connectivity index (χ1n) is 4.74. The van der Waals surface area contributed by atoms with Gasteiger partial charge in [-0.1, -0.05) is 0 Å². The van der Waals surface area contributed by atoms with E-state index in [1.54, 1.807) is 0 Å². The molecule has 0 amide bonds. The molecule has 1 rings (SSSR count). The van der Waals surface area contributed by atoms with E-state index in [-0.39, 0.29) is 12.0 Å². The third kappa shape index (κ3) is 2.99. The van der Waals surface area contributed by atoms with Crippen molar-refractivity contribution < 1.29 is 17.2 Å². The molecule has 0 fully saturated rings. The molecule has 0 bridgehead atoms. The normalized spacial score (nSPS) is 11.8. The van der Waals surface area contributed by atoms with Crippen LogP contribution in [0.2, 0.25) is 0 Å². The summed E-state index contributed by atoms with van der Waals surface area (Å²) in [5.41, 5.74) is 5.30. The number of nitrogens with two attached hydrogens (primary N) is 1. The highest BCUT2D eigenvalue weighted by molar-refractivity contribution is 7.90. The molecule has 16 heavy (non-hydrogen) atoms. The molecule has 0 saturated heterocycles. The molecule has 2 N–H and O–H groups in total. The summed E-state index contributed by atoms with van der Waals surface area (Å²) in [6.45, 7) is 0.337. The van der Waals surface area contributed by atoms with Crippen LogP contribution >= 0.6 is 0 Å². The molecule has 0 unspecified atom stereocenters. The van der Waals surface area contributed by atoms with Gasteiger partial charge in [-0.15, -0.1) is 0 Å². The van der Waals surface area contributed by atoms with Crippen molar-refractivity contribution in [1.29, 1.82) is 0 Å². The van der Waals surface area contributed by atoms with E-state index < -0.39 is 26.4 Å². The zero-order valence-electron chi connectivity index (χ0n) is 8.83. The Bertz CT molecular complexity index is 486. The fourth-order valence-electron chi connectivity index (χ4n) is 1.36. The summed E-state index contributed by atoms with van der Waals surface area (Å²) < 4.78 is 49.2. The van der Waals surface area contributed by atoms with Crippen molar-refractivity contribution in [3.63, 3.8) is 0 Å². The second-order valence-electron chi connectivity index (χ2n) is 3.54. The quantitative estimate of drug-likeness (QED) is 0.874. The molecule has 3 nitrogen and oxygen atoms in total. The Morgan fingerprint density at radius 1 is 1.31 bits per heavy atom. The Kier molecular flexibility index (Phi) is 3.98. The Morgan fingerprint density at radius 2 is 1.94 bits per heavy atom. The molecule has 0 atom stereocenters. The van der Waals surface area contributed by atoms with E-state index in [4.69, 9.17) is 5.73 Å². The van der Waals surface area contributed by atoms with Crippen molar-refractivity contribution in [1.82, 2.24) is 0 Å². The number of benzene rings is 1. The highest BCUT2D eigenvalue weighted by Crippen LogP contribution is 2.21. The molecular weight excluding hydrogens is 236 g/mol. The van der Waals surface area contributed by atoms with Gasteiger partial charge in [-0.05, 0) is 37.1 Å². The van der Waals surface area contributed by atoms with Crippen molar-refractivity contribution >= 4 is 9.84 Å². The van der Waals surface area contributed by atoms with E-state index >= 15 is 0 Å². The van der Waals surface area contributed by atoms with E-state index in [1.165, 1.54) is 0 Å². The van der Waals surface area contributed by atoms with Gasteiger partial charge in [0.15, 0.2) is 9.84 Å². The average molecular weight is 249 g/mol. The van der Waals surface area contributed by atoms with Crippen LogP contribution in [-0.4, -0.2) is 21.2 Å². The van der Waals surface area contributed by atoms with Crippen molar-refractivity contribution in [2.45, 2.75) is 17.7 Å². The Labute approximate surface area is 93.2 Å². The fraction of sp³-hybridized carbons (Fsp3) is 0.400. The highest BCUT2D eigenvalue weighted by Gasteiger charge is 2.18. The third-order valence-corrected chi connectivity index (χ3v) is 3.23. The first-order chi connectivity index (χ1) is 7.36. The predicted octanol–water partition coefficient (Wildman–Crippen LogP) is 1.26. The van der Waals surface area contributed by atoms with Gasteiger partial charge in [0, 0.05) is 6.26 Å². The van der Waals surface area contributed by atoms with E-state index in [0.717, 1.165) is 12.3 Å². The van der Waals surface area contributed by atoms with Gasteiger partial charge in [-0.2, -0.15) is 0 Å². The Balaban J connectivity index is 3.27. The minimum Gasteiger partial charge on any atom is -0.330 e. The largest absolute Gasteiger partial charge is 0.330 e. The molecule has 0 heterocycles. The number of hydrogen-bond donors (Lipinski definition) is 1. The summed E-state index contributed by atoms with van der Waals surface area (Å²) in [5.74, 6) is -1.63. The van der Waals surface area contributed by atoms with Crippen LogP contribution in [0.15, 0.2) is 17.0 Å². The lowest BCUT2D eigenvalue weighted by atomic mass is 10.1. The highest BCUT2D eigenvalue weighted by atomic mass is 32.2. The van der Waals surface area contributed by atoms with E-state index in [0.29, 0.717) is 19.0 Å². The number of halogens is 2. The van der Waals surface area contributed by atoms with E-state index in [9.17, 15) is 17.2 Å². The molecule has 1 aromatic rings. The second kappa shape index (κ2) is 4.88. The van der Waals surface area contributed by atoms with E-state index in [1.807, 2.05) is 0 Å². The van der Waals surface area contributed by atoms with Crippen molar-refractivity contribution in [2.24, 2.45) is 5.73 Å². The number of sulfone groups is 1. The van der Waals surface area contributed by atoms with Gasteiger partial charge in [-0.3, -0.25) is 0 Å². The van der Waals surface area contributed by atoms with Gasteiger partial charge in [0.1, 0.15) is 16.5 Å². The van der Waals surface area contributed by atoms with Gasteiger partial charge < -0.3 is 5.73 Å².